The maximum absolute atomic E-state index is 12.4. The summed E-state index contributed by atoms with van der Waals surface area (Å²) in [6.07, 6.45) is 5.26. The van der Waals surface area contributed by atoms with E-state index >= 15 is 0 Å². The third-order valence-electron chi connectivity index (χ3n) is 4.57. The summed E-state index contributed by atoms with van der Waals surface area (Å²) in [6.45, 7) is 0. The first-order valence-electron chi connectivity index (χ1n) is 7.06. The van der Waals surface area contributed by atoms with Crippen molar-refractivity contribution in [2.24, 2.45) is 17.8 Å². The van der Waals surface area contributed by atoms with Crippen LogP contribution in [0.15, 0.2) is 30.3 Å². The summed E-state index contributed by atoms with van der Waals surface area (Å²) in [5, 5.41) is 10.1. The van der Waals surface area contributed by atoms with Crippen LogP contribution in [0.4, 0.5) is 0 Å². The van der Waals surface area contributed by atoms with E-state index in [1.165, 1.54) is 12.8 Å². The van der Waals surface area contributed by atoms with E-state index < -0.39 is 0 Å². The van der Waals surface area contributed by atoms with Crippen LogP contribution in [0.3, 0.4) is 0 Å². The fourth-order valence-corrected chi connectivity index (χ4v) is 3.56. The highest BCUT2D eigenvalue weighted by Gasteiger charge is 2.56. The Kier molecular flexibility index (Phi) is 3.21. The Morgan fingerprint density at radius 3 is 2.56 bits per heavy atom. The molecule has 0 saturated heterocycles. The molecular formula is C16H20O2. The number of ketones is 1. The fourth-order valence-electron chi connectivity index (χ4n) is 3.56. The second kappa shape index (κ2) is 4.85. The third kappa shape index (κ3) is 2.10. The molecule has 1 aromatic rings. The third-order valence-corrected chi connectivity index (χ3v) is 4.57. The number of hydrogen-bond donors (Lipinski definition) is 1. The monoisotopic (exact) mass is 244 g/mol. The topological polar surface area (TPSA) is 37.3 Å². The van der Waals surface area contributed by atoms with Crippen LogP contribution >= 0.6 is 0 Å². The van der Waals surface area contributed by atoms with Crippen molar-refractivity contribution in [1.29, 1.82) is 0 Å². The maximum atomic E-state index is 12.4. The zero-order chi connectivity index (χ0) is 12.5. The largest absolute Gasteiger partial charge is 0.393 e. The van der Waals surface area contributed by atoms with Gasteiger partial charge in [-0.3, -0.25) is 4.79 Å². The summed E-state index contributed by atoms with van der Waals surface area (Å²) >= 11 is 0. The molecule has 2 nitrogen and oxygen atoms in total. The lowest BCUT2D eigenvalue weighted by Crippen LogP contribution is -2.14. The average molecular weight is 244 g/mol. The van der Waals surface area contributed by atoms with Gasteiger partial charge >= 0.3 is 0 Å². The van der Waals surface area contributed by atoms with Crippen molar-refractivity contribution < 1.29 is 9.90 Å². The van der Waals surface area contributed by atoms with Crippen molar-refractivity contribution >= 4 is 5.78 Å². The van der Waals surface area contributed by atoms with Crippen LogP contribution in [0.25, 0.3) is 0 Å². The van der Waals surface area contributed by atoms with E-state index in [1.54, 1.807) is 0 Å². The molecule has 2 aliphatic carbocycles. The number of fused-ring (bicyclic) bond motifs is 1. The van der Waals surface area contributed by atoms with Crippen molar-refractivity contribution in [2.75, 3.05) is 0 Å². The first-order valence-corrected chi connectivity index (χ1v) is 7.06. The highest BCUT2D eigenvalue weighted by molar-refractivity contribution is 6.00. The second-order valence-electron chi connectivity index (χ2n) is 5.70. The van der Waals surface area contributed by atoms with Crippen LogP contribution in [0.5, 0.6) is 0 Å². The number of aliphatic hydroxyl groups excluding tert-OH is 1. The van der Waals surface area contributed by atoms with Gasteiger partial charge in [0.25, 0.3) is 0 Å². The van der Waals surface area contributed by atoms with E-state index in [4.69, 9.17) is 0 Å². The molecule has 3 rings (SSSR count). The predicted molar refractivity (Wildman–Crippen MR) is 70.3 cm³/mol. The van der Waals surface area contributed by atoms with Gasteiger partial charge in [0, 0.05) is 11.5 Å². The average Bonchev–Trinajstić information content (AvgIpc) is 3.09. The molecule has 2 aliphatic rings. The number of hydrogen-bond acceptors (Lipinski definition) is 2. The molecule has 2 heteroatoms. The van der Waals surface area contributed by atoms with E-state index in [2.05, 4.69) is 0 Å². The van der Waals surface area contributed by atoms with E-state index in [0.717, 1.165) is 24.8 Å². The molecule has 0 aromatic heterocycles. The van der Waals surface area contributed by atoms with E-state index in [9.17, 15) is 9.90 Å². The smallest absolute Gasteiger partial charge is 0.166 e. The number of benzene rings is 1. The van der Waals surface area contributed by atoms with Gasteiger partial charge in [-0.25, -0.2) is 0 Å². The molecule has 0 unspecified atom stereocenters. The summed E-state index contributed by atoms with van der Waals surface area (Å²) in [5.74, 6) is 0.998. The minimum Gasteiger partial charge on any atom is -0.393 e. The Bertz CT molecular complexity index is 426. The van der Waals surface area contributed by atoms with Gasteiger partial charge < -0.3 is 5.11 Å². The second-order valence-corrected chi connectivity index (χ2v) is 5.70. The molecule has 0 heterocycles. The number of carbonyl (C=O) groups is 1. The number of carbonyl (C=O) groups excluding carboxylic acids is 1. The zero-order valence-corrected chi connectivity index (χ0v) is 10.6. The van der Waals surface area contributed by atoms with Crippen LogP contribution in [-0.2, 0) is 0 Å². The Labute approximate surface area is 108 Å². The summed E-state index contributed by atoms with van der Waals surface area (Å²) in [5.41, 5.74) is 0.807. The van der Waals surface area contributed by atoms with Crippen LogP contribution < -0.4 is 0 Å². The minimum absolute atomic E-state index is 0.0838. The van der Waals surface area contributed by atoms with Gasteiger partial charge in [0.2, 0.25) is 0 Å². The minimum atomic E-state index is -0.257. The molecule has 0 radical (unpaired) electrons. The van der Waals surface area contributed by atoms with Gasteiger partial charge in [0.15, 0.2) is 5.78 Å². The van der Waals surface area contributed by atoms with Crippen molar-refractivity contribution in [2.45, 2.75) is 38.2 Å². The van der Waals surface area contributed by atoms with Gasteiger partial charge in [-0.05, 0) is 24.7 Å². The lowest BCUT2D eigenvalue weighted by Gasteiger charge is -2.12. The highest BCUT2D eigenvalue weighted by Crippen LogP contribution is 2.54. The molecule has 2 saturated carbocycles. The molecular weight excluding hydrogens is 224 g/mol. The normalized spacial score (nSPS) is 35.2. The van der Waals surface area contributed by atoms with Crippen LogP contribution in [-0.4, -0.2) is 17.0 Å². The molecule has 2 fully saturated rings. The van der Waals surface area contributed by atoms with Crippen molar-refractivity contribution in [1.82, 2.24) is 0 Å². The Hall–Kier alpha value is -1.15. The number of aliphatic hydroxyl groups is 1. The zero-order valence-electron chi connectivity index (χ0n) is 10.6. The highest BCUT2D eigenvalue weighted by atomic mass is 16.3. The molecule has 0 amide bonds. The van der Waals surface area contributed by atoms with Gasteiger partial charge in [-0.2, -0.15) is 0 Å². The van der Waals surface area contributed by atoms with Crippen molar-refractivity contribution in [3.05, 3.63) is 35.9 Å². The van der Waals surface area contributed by atoms with E-state index in [-0.39, 0.29) is 23.7 Å². The summed E-state index contributed by atoms with van der Waals surface area (Å²) < 4.78 is 0. The molecule has 0 spiro atoms. The predicted octanol–water partition coefficient (Wildman–Crippen LogP) is 3.06. The molecule has 0 aliphatic heterocycles. The Balaban J connectivity index is 1.76. The van der Waals surface area contributed by atoms with Gasteiger partial charge in [-0.15, -0.1) is 0 Å². The Morgan fingerprint density at radius 2 is 1.78 bits per heavy atom. The molecule has 1 N–H and O–H groups in total. The van der Waals surface area contributed by atoms with Crippen LogP contribution in [0, 0.1) is 17.8 Å². The van der Waals surface area contributed by atoms with Crippen LogP contribution in [0.1, 0.15) is 42.5 Å². The summed E-state index contributed by atoms with van der Waals surface area (Å²) in [4.78, 5) is 12.4. The standard InChI is InChI=1S/C16H20O2/c17-13-10-6-2-5-9-12-14(13)15(12)16(18)11-7-3-1-4-8-11/h1,3-4,7-8,12-15,17H,2,5-6,9-10H2/t12-,13-,14-,15-/m0/s1. The Morgan fingerprint density at radius 1 is 1.06 bits per heavy atom. The maximum Gasteiger partial charge on any atom is 0.166 e. The van der Waals surface area contributed by atoms with E-state index in [0.29, 0.717) is 5.92 Å². The first-order chi connectivity index (χ1) is 8.79. The first kappa shape index (κ1) is 11.9. The SMILES string of the molecule is O=C(c1ccccc1)[C@H]1[C@H]2CCCCC[C@H](O)[C@H]21. The molecule has 4 atom stereocenters. The van der Waals surface area contributed by atoms with Gasteiger partial charge in [0.1, 0.15) is 0 Å². The number of rotatable bonds is 2. The van der Waals surface area contributed by atoms with Gasteiger partial charge in [0.05, 0.1) is 6.10 Å². The number of Topliss-reactive ketones (excluding diaryl/α,β-unsaturated/α-hetero) is 1. The molecule has 18 heavy (non-hydrogen) atoms. The molecule has 96 valence electrons. The summed E-state index contributed by atoms with van der Waals surface area (Å²) in [6, 6.07) is 9.53. The van der Waals surface area contributed by atoms with Gasteiger partial charge in [-0.1, -0.05) is 49.6 Å². The van der Waals surface area contributed by atoms with Crippen molar-refractivity contribution in [3.8, 4) is 0 Å². The van der Waals surface area contributed by atoms with Crippen molar-refractivity contribution in [3.63, 3.8) is 0 Å². The molecule has 1 aromatic carbocycles. The lowest BCUT2D eigenvalue weighted by molar-refractivity contribution is 0.0910. The van der Waals surface area contributed by atoms with Crippen LogP contribution in [0.2, 0.25) is 0 Å². The molecule has 0 bridgehead atoms. The van der Waals surface area contributed by atoms with E-state index in [1.807, 2.05) is 30.3 Å². The summed E-state index contributed by atoms with van der Waals surface area (Å²) in [7, 11) is 0. The quantitative estimate of drug-likeness (QED) is 0.812. The lowest BCUT2D eigenvalue weighted by atomic mass is 9.99. The fraction of sp³-hybridized carbons (Fsp3) is 0.562.